The first kappa shape index (κ1) is 24.2. The van der Waals surface area contributed by atoms with Gasteiger partial charge in [-0.15, -0.1) is 5.54 Å². The van der Waals surface area contributed by atoms with Gasteiger partial charge < -0.3 is 4.43 Å². The number of benzene rings is 1. The van der Waals surface area contributed by atoms with Crippen molar-refractivity contribution in [1.82, 2.24) is 0 Å². The minimum atomic E-state index is -1.73. The fourth-order valence-electron chi connectivity index (χ4n) is 3.83. The van der Waals surface area contributed by atoms with Crippen LogP contribution in [0.4, 0.5) is 0 Å². The lowest BCUT2D eigenvalue weighted by Crippen LogP contribution is -2.43. The smallest absolute Gasteiger partial charge is 0.192 e. The first-order chi connectivity index (χ1) is 12.2. The molecule has 0 spiro atoms. The van der Waals surface area contributed by atoms with Crippen molar-refractivity contribution in [1.29, 1.82) is 0 Å². The summed E-state index contributed by atoms with van der Waals surface area (Å²) in [5.41, 5.74) is 8.18. The zero-order chi connectivity index (χ0) is 21.0. The molecule has 0 aromatic heterocycles. The third-order valence-electron chi connectivity index (χ3n) is 6.62. The molecule has 0 amide bonds. The maximum Gasteiger partial charge on any atom is 0.192 e. The second-order valence-electron chi connectivity index (χ2n) is 10.4. The molecule has 0 aliphatic heterocycles. The highest BCUT2D eigenvalue weighted by Gasteiger charge is 2.41. The maximum atomic E-state index is 6.39. The van der Waals surface area contributed by atoms with Crippen LogP contribution in [-0.4, -0.2) is 16.4 Å². The van der Waals surface area contributed by atoms with E-state index in [1.54, 1.807) is 0 Å². The Morgan fingerprint density at radius 1 is 0.926 bits per heavy atom. The Morgan fingerprint density at radius 3 is 1.89 bits per heavy atom. The fourth-order valence-corrected chi connectivity index (χ4v) is 10.0. The van der Waals surface area contributed by atoms with Gasteiger partial charge in [0.15, 0.2) is 8.32 Å². The van der Waals surface area contributed by atoms with Gasteiger partial charge in [-0.05, 0) is 52.5 Å². The van der Waals surface area contributed by atoms with Crippen LogP contribution in [0.25, 0.3) is 0 Å². The normalized spacial score (nSPS) is 13.3. The zero-order valence-electron chi connectivity index (χ0n) is 19.7. The molecular formula is C24H42OSi2. The minimum Gasteiger partial charge on any atom is -0.413 e. The average molecular weight is 403 g/mol. The van der Waals surface area contributed by atoms with Crippen LogP contribution in [0.15, 0.2) is 24.3 Å². The number of hydrogen-bond donors (Lipinski definition) is 0. The summed E-state index contributed by atoms with van der Waals surface area (Å²) in [5.74, 6) is 3.56. The van der Waals surface area contributed by atoms with Crippen molar-refractivity contribution < 1.29 is 4.43 Å². The number of rotatable bonds is 6. The van der Waals surface area contributed by atoms with E-state index in [1.807, 2.05) is 0 Å². The Labute approximate surface area is 171 Å². The van der Waals surface area contributed by atoms with E-state index in [0.29, 0.717) is 23.2 Å². The first-order valence-electron chi connectivity index (χ1n) is 10.5. The summed E-state index contributed by atoms with van der Waals surface area (Å²) in [6.07, 6.45) is 0. The second-order valence-corrected chi connectivity index (χ2v) is 20.8. The molecule has 27 heavy (non-hydrogen) atoms. The van der Waals surface area contributed by atoms with Gasteiger partial charge in [0.25, 0.3) is 0 Å². The van der Waals surface area contributed by atoms with Crippen molar-refractivity contribution in [3.05, 3.63) is 35.4 Å². The van der Waals surface area contributed by atoms with E-state index in [-0.39, 0.29) is 5.04 Å². The monoisotopic (exact) mass is 402 g/mol. The molecule has 0 aliphatic rings. The summed E-state index contributed by atoms with van der Waals surface area (Å²) in [5, 5.41) is 0.238. The van der Waals surface area contributed by atoms with Crippen LogP contribution >= 0.6 is 0 Å². The van der Waals surface area contributed by atoms with Crippen molar-refractivity contribution in [2.24, 2.45) is 0 Å². The molecule has 1 aromatic rings. The second kappa shape index (κ2) is 9.11. The Kier molecular flexibility index (Phi) is 8.17. The SMILES string of the molecule is CC(C)[Si](C#Cc1cccc(CO[Si](C)(C)C(C)(C)C)c1)(C(C)C)C(C)C. The molecule has 0 N–H and O–H groups in total. The van der Waals surface area contributed by atoms with Crippen LogP contribution in [-0.2, 0) is 11.0 Å². The minimum absolute atomic E-state index is 0.238. The van der Waals surface area contributed by atoms with Gasteiger partial charge in [-0.25, -0.2) is 0 Å². The quantitative estimate of drug-likeness (QED) is 0.348. The summed E-state index contributed by atoms with van der Waals surface area (Å²) < 4.78 is 6.39. The maximum absolute atomic E-state index is 6.39. The van der Waals surface area contributed by atoms with Crippen LogP contribution in [0.1, 0.15) is 73.4 Å². The molecule has 0 atom stereocenters. The van der Waals surface area contributed by atoms with Crippen LogP contribution in [0.5, 0.6) is 0 Å². The molecule has 3 heteroatoms. The Balaban J connectivity index is 3.09. The van der Waals surface area contributed by atoms with E-state index in [4.69, 9.17) is 4.43 Å². The van der Waals surface area contributed by atoms with E-state index >= 15 is 0 Å². The Morgan fingerprint density at radius 2 is 1.44 bits per heavy atom. The van der Waals surface area contributed by atoms with Gasteiger partial charge in [0.2, 0.25) is 0 Å². The predicted molar refractivity (Wildman–Crippen MR) is 126 cm³/mol. The van der Waals surface area contributed by atoms with E-state index in [0.717, 1.165) is 5.56 Å². The van der Waals surface area contributed by atoms with Crippen LogP contribution in [0.3, 0.4) is 0 Å². The van der Waals surface area contributed by atoms with E-state index in [2.05, 4.69) is 111 Å². The van der Waals surface area contributed by atoms with Crippen LogP contribution in [0.2, 0.25) is 34.8 Å². The average Bonchev–Trinajstić information content (AvgIpc) is 2.52. The van der Waals surface area contributed by atoms with Gasteiger partial charge >= 0.3 is 0 Å². The van der Waals surface area contributed by atoms with Crippen molar-refractivity contribution in [2.75, 3.05) is 0 Å². The lowest BCUT2D eigenvalue weighted by molar-refractivity contribution is 0.276. The largest absolute Gasteiger partial charge is 0.413 e. The summed E-state index contributed by atoms with van der Waals surface area (Å²) in [6, 6.07) is 8.65. The Hall–Kier alpha value is -0.826. The van der Waals surface area contributed by atoms with Crippen molar-refractivity contribution in [3.8, 4) is 11.5 Å². The first-order valence-corrected chi connectivity index (χ1v) is 15.6. The zero-order valence-corrected chi connectivity index (χ0v) is 21.7. The molecule has 0 radical (unpaired) electrons. The molecule has 0 heterocycles. The lowest BCUT2D eigenvalue weighted by Gasteiger charge is -2.38. The lowest BCUT2D eigenvalue weighted by atomic mass is 10.1. The van der Waals surface area contributed by atoms with Gasteiger partial charge in [0.05, 0.1) is 6.61 Å². The van der Waals surface area contributed by atoms with Gasteiger partial charge in [-0.3, -0.25) is 0 Å². The van der Waals surface area contributed by atoms with Gasteiger partial charge in [-0.1, -0.05) is 80.4 Å². The number of hydrogen-bond acceptors (Lipinski definition) is 1. The van der Waals surface area contributed by atoms with Gasteiger partial charge in [0.1, 0.15) is 8.07 Å². The predicted octanol–water partition coefficient (Wildman–Crippen LogP) is 7.78. The molecule has 1 aromatic carbocycles. The highest BCUT2D eigenvalue weighted by molar-refractivity contribution is 6.90. The van der Waals surface area contributed by atoms with E-state index in [1.165, 1.54) is 5.56 Å². The third kappa shape index (κ3) is 5.83. The van der Waals surface area contributed by atoms with Gasteiger partial charge in [0, 0.05) is 5.56 Å². The molecule has 0 aliphatic carbocycles. The summed E-state index contributed by atoms with van der Waals surface area (Å²) in [7, 11) is -3.41. The summed E-state index contributed by atoms with van der Waals surface area (Å²) in [4.78, 5) is 0. The highest BCUT2D eigenvalue weighted by Crippen LogP contribution is 2.41. The molecule has 0 fully saturated rings. The van der Waals surface area contributed by atoms with Crippen molar-refractivity contribution in [3.63, 3.8) is 0 Å². The molecule has 1 nitrogen and oxygen atoms in total. The standard InChI is InChI=1S/C24H42OSi2/c1-19(2)27(20(3)4,21(5)6)16-15-22-13-12-14-23(17-22)18-25-26(10,11)24(7,8)9/h12-14,17,19-21H,18H2,1-11H3. The molecule has 0 saturated heterocycles. The van der Waals surface area contributed by atoms with E-state index in [9.17, 15) is 0 Å². The molecule has 1 rings (SSSR count). The van der Waals surface area contributed by atoms with Crippen LogP contribution < -0.4 is 0 Å². The topological polar surface area (TPSA) is 9.23 Å². The Bertz CT molecular complexity index is 648. The summed E-state index contributed by atoms with van der Waals surface area (Å²) >= 11 is 0. The van der Waals surface area contributed by atoms with Crippen LogP contribution in [0, 0.1) is 11.5 Å². The van der Waals surface area contributed by atoms with Crippen molar-refractivity contribution >= 4 is 16.4 Å². The van der Waals surface area contributed by atoms with Gasteiger partial charge in [-0.2, -0.15) is 0 Å². The third-order valence-corrected chi connectivity index (χ3v) is 17.4. The fraction of sp³-hybridized carbons (Fsp3) is 0.667. The molecule has 152 valence electrons. The molecular weight excluding hydrogens is 360 g/mol. The molecule has 0 unspecified atom stereocenters. The summed E-state index contributed by atoms with van der Waals surface area (Å²) in [6.45, 7) is 26.4. The van der Waals surface area contributed by atoms with E-state index < -0.39 is 16.4 Å². The molecule has 0 saturated carbocycles. The highest BCUT2D eigenvalue weighted by atomic mass is 28.4. The molecule has 0 bridgehead atoms. The van der Waals surface area contributed by atoms with Crippen molar-refractivity contribution in [2.45, 2.75) is 104 Å².